The molecule has 0 radical (unpaired) electrons. The molecule has 0 aliphatic rings. The summed E-state index contributed by atoms with van der Waals surface area (Å²) in [5.41, 5.74) is 6.31. The number of benzene rings is 1. The van der Waals surface area contributed by atoms with Crippen molar-refractivity contribution < 1.29 is 31.2 Å². The highest BCUT2D eigenvalue weighted by atomic mass is 35.5. The zero-order valence-electron chi connectivity index (χ0n) is 13.7. The fraction of sp³-hybridized carbons (Fsp3) is 0.231. The van der Waals surface area contributed by atoms with E-state index in [0.29, 0.717) is 23.7 Å². The highest BCUT2D eigenvalue weighted by molar-refractivity contribution is 7.92. The molecule has 2 aromatic rings. The molecule has 1 aromatic carbocycles. The molecule has 0 saturated heterocycles. The second kappa shape index (κ2) is 7.29. The quantitative estimate of drug-likeness (QED) is 0.209. The van der Waals surface area contributed by atoms with Crippen LogP contribution in [-0.4, -0.2) is 34.7 Å². The highest BCUT2D eigenvalue weighted by Gasteiger charge is 2.36. The van der Waals surface area contributed by atoms with E-state index in [9.17, 15) is 26.0 Å². The first-order valence-electron chi connectivity index (χ1n) is 7.04. The molecular formula is C13H11Cl2F4N5O3S. The van der Waals surface area contributed by atoms with Crippen LogP contribution in [0, 0.1) is 0 Å². The number of aromatic nitrogens is 2. The number of hydrogen-bond acceptors (Lipinski definition) is 6. The average Bonchev–Trinajstić information content (AvgIpc) is 2.90. The molecule has 28 heavy (non-hydrogen) atoms. The van der Waals surface area contributed by atoms with E-state index in [2.05, 4.69) is 10.3 Å². The normalized spacial score (nSPS) is 14.3. The first kappa shape index (κ1) is 22.0. The van der Waals surface area contributed by atoms with E-state index in [1.807, 2.05) is 0 Å². The maximum atomic E-state index is 13.6. The lowest BCUT2D eigenvalue weighted by Crippen LogP contribution is -2.21. The van der Waals surface area contributed by atoms with Gasteiger partial charge < -0.3 is 16.7 Å². The van der Waals surface area contributed by atoms with E-state index in [0.717, 1.165) is 0 Å². The third-order valence-corrected chi connectivity index (χ3v) is 5.90. The molecule has 154 valence electrons. The van der Waals surface area contributed by atoms with E-state index >= 15 is 0 Å². The van der Waals surface area contributed by atoms with Crippen molar-refractivity contribution in [2.24, 2.45) is 10.9 Å². The summed E-state index contributed by atoms with van der Waals surface area (Å²) in [5, 5.41) is 13.9. The number of halogens is 6. The molecule has 1 unspecified atom stereocenters. The Morgan fingerprint density at radius 3 is 2.21 bits per heavy atom. The maximum Gasteiger partial charge on any atom is 0.416 e. The minimum Gasteiger partial charge on any atom is -0.409 e. The Bertz CT molecular complexity index is 1040. The van der Waals surface area contributed by atoms with Crippen LogP contribution in [0.4, 0.5) is 23.4 Å². The second-order valence-corrected chi connectivity index (χ2v) is 8.30. The minimum absolute atomic E-state index is 0.422. The number of amidine groups is 1. The van der Waals surface area contributed by atoms with Gasteiger partial charge in [-0.25, -0.2) is 17.5 Å². The van der Waals surface area contributed by atoms with E-state index < -0.39 is 65.1 Å². The van der Waals surface area contributed by atoms with Crippen LogP contribution in [0.5, 0.6) is 0 Å². The van der Waals surface area contributed by atoms with Crippen molar-refractivity contribution in [1.82, 2.24) is 9.78 Å². The molecule has 1 aromatic heterocycles. The number of oxime groups is 1. The fourth-order valence-corrected chi connectivity index (χ4v) is 3.94. The number of nitrogens with zero attached hydrogens (tertiary/aromatic N) is 3. The van der Waals surface area contributed by atoms with Gasteiger partial charge in [-0.1, -0.05) is 28.4 Å². The zero-order chi connectivity index (χ0) is 21.6. The molecule has 0 saturated carbocycles. The topological polar surface area (TPSA) is 137 Å². The highest BCUT2D eigenvalue weighted by Crippen LogP contribution is 2.39. The Morgan fingerprint density at radius 2 is 1.82 bits per heavy atom. The molecule has 2 rings (SSSR count). The third-order valence-electron chi connectivity index (χ3n) is 3.49. The van der Waals surface area contributed by atoms with E-state index in [1.54, 1.807) is 0 Å². The van der Waals surface area contributed by atoms with Crippen LogP contribution < -0.4 is 11.5 Å². The number of nitrogens with two attached hydrogens (primary N) is 2. The zero-order valence-corrected chi connectivity index (χ0v) is 16.0. The summed E-state index contributed by atoms with van der Waals surface area (Å²) >= 11 is 11.7. The lowest BCUT2D eigenvalue weighted by molar-refractivity contribution is -0.137. The van der Waals surface area contributed by atoms with Gasteiger partial charge in [0.15, 0.2) is 11.5 Å². The van der Waals surface area contributed by atoms with Crippen LogP contribution in [0.2, 0.25) is 10.0 Å². The predicted octanol–water partition coefficient (Wildman–Crippen LogP) is 2.96. The summed E-state index contributed by atoms with van der Waals surface area (Å²) in [4.78, 5) is -0.940. The van der Waals surface area contributed by atoms with Crippen LogP contribution in [0.15, 0.2) is 22.2 Å². The van der Waals surface area contributed by atoms with Gasteiger partial charge in [0, 0.05) is 0 Å². The smallest absolute Gasteiger partial charge is 0.409 e. The van der Waals surface area contributed by atoms with Gasteiger partial charge in [0.05, 0.1) is 15.6 Å². The summed E-state index contributed by atoms with van der Waals surface area (Å²) in [7, 11) is -4.75. The molecule has 0 aliphatic heterocycles. The SMILES string of the molecule is CC(F)S(=O)(=O)c1c(/C(N)=N\O)nn(-c2c(Cl)cc(C(F)(F)F)cc2Cl)c1N. The van der Waals surface area contributed by atoms with Crippen molar-refractivity contribution in [3.8, 4) is 5.69 Å². The molecule has 0 aliphatic carbocycles. The Labute approximate surface area is 165 Å². The Hall–Kier alpha value is -2.25. The number of nitrogen functional groups attached to an aromatic ring is 1. The van der Waals surface area contributed by atoms with E-state index in [1.165, 1.54) is 0 Å². The van der Waals surface area contributed by atoms with Crippen molar-refractivity contribution in [3.63, 3.8) is 0 Å². The summed E-state index contributed by atoms with van der Waals surface area (Å²) in [6, 6.07) is 1.03. The molecule has 1 heterocycles. The average molecular weight is 464 g/mol. The molecule has 0 bridgehead atoms. The molecule has 1 atom stereocenters. The molecule has 0 spiro atoms. The minimum atomic E-state index is -4.77. The maximum absolute atomic E-state index is 13.6. The fourth-order valence-electron chi connectivity index (χ4n) is 2.18. The Morgan fingerprint density at radius 1 is 1.32 bits per heavy atom. The standard InChI is InChI=1S/C13H11Cl2F4N5O3S/c1-4(16)28(26,27)10-8(11(20)23-25)22-24(12(10)21)9-6(14)2-5(3-7(9)15)13(17,18)19/h2-4,25H,21H2,1H3,(H2,20,23). The molecule has 0 fully saturated rings. The number of hydrogen-bond donors (Lipinski definition) is 3. The van der Waals surface area contributed by atoms with Crippen molar-refractivity contribution >= 4 is 44.7 Å². The van der Waals surface area contributed by atoms with Gasteiger partial charge in [0.2, 0.25) is 15.3 Å². The number of sulfone groups is 1. The van der Waals surface area contributed by atoms with Crippen LogP contribution in [0.25, 0.3) is 5.69 Å². The lowest BCUT2D eigenvalue weighted by Gasteiger charge is -2.13. The Balaban J connectivity index is 2.88. The van der Waals surface area contributed by atoms with Crippen molar-refractivity contribution in [2.75, 3.05) is 5.73 Å². The van der Waals surface area contributed by atoms with Gasteiger partial charge in [-0.05, 0) is 19.1 Å². The van der Waals surface area contributed by atoms with Gasteiger partial charge in [-0.3, -0.25) is 0 Å². The van der Waals surface area contributed by atoms with E-state index in [-0.39, 0.29) is 0 Å². The van der Waals surface area contributed by atoms with Crippen LogP contribution in [-0.2, 0) is 16.0 Å². The van der Waals surface area contributed by atoms with Crippen molar-refractivity contribution in [3.05, 3.63) is 33.4 Å². The van der Waals surface area contributed by atoms with Gasteiger partial charge in [0.25, 0.3) is 0 Å². The molecule has 8 nitrogen and oxygen atoms in total. The Kier molecular flexibility index (Phi) is 5.74. The van der Waals surface area contributed by atoms with E-state index in [4.69, 9.17) is 39.9 Å². The number of alkyl halides is 4. The van der Waals surface area contributed by atoms with Gasteiger partial charge in [-0.15, -0.1) is 0 Å². The lowest BCUT2D eigenvalue weighted by atomic mass is 10.2. The first-order chi connectivity index (χ1) is 12.7. The second-order valence-electron chi connectivity index (χ2n) is 5.33. The largest absolute Gasteiger partial charge is 0.416 e. The van der Waals surface area contributed by atoms with Crippen LogP contribution >= 0.6 is 23.2 Å². The van der Waals surface area contributed by atoms with Crippen molar-refractivity contribution in [2.45, 2.75) is 23.5 Å². The summed E-state index contributed by atoms with van der Waals surface area (Å²) in [6.45, 7) is 0.695. The van der Waals surface area contributed by atoms with Crippen LogP contribution in [0.3, 0.4) is 0 Å². The number of rotatable bonds is 4. The van der Waals surface area contributed by atoms with Crippen LogP contribution in [0.1, 0.15) is 18.2 Å². The molecule has 0 amide bonds. The third kappa shape index (κ3) is 3.69. The summed E-state index contributed by atoms with van der Waals surface area (Å²) in [5.74, 6) is -1.60. The molecule has 5 N–H and O–H groups in total. The van der Waals surface area contributed by atoms with Gasteiger partial charge >= 0.3 is 6.18 Å². The summed E-state index contributed by atoms with van der Waals surface area (Å²) in [6.07, 6.45) is -4.77. The van der Waals surface area contributed by atoms with Crippen molar-refractivity contribution in [1.29, 1.82) is 0 Å². The van der Waals surface area contributed by atoms with Gasteiger partial charge in [-0.2, -0.15) is 18.3 Å². The first-order valence-corrected chi connectivity index (χ1v) is 9.34. The monoisotopic (exact) mass is 463 g/mol. The molecule has 15 heteroatoms. The summed E-state index contributed by atoms with van der Waals surface area (Å²) < 4.78 is 77.4. The van der Waals surface area contributed by atoms with Gasteiger partial charge in [0.1, 0.15) is 16.4 Å². The predicted molar refractivity (Wildman–Crippen MR) is 93.3 cm³/mol. The number of anilines is 1. The molecular weight excluding hydrogens is 453 g/mol.